The van der Waals surface area contributed by atoms with Crippen molar-refractivity contribution in [2.75, 3.05) is 21.3 Å². The zero-order valence-electron chi connectivity index (χ0n) is 11.5. The number of hydrogen-bond acceptors (Lipinski definition) is 6. The van der Waals surface area contributed by atoms with E-state index < -0.39 is 11.9 Å². The zero-order valence-corrected chi connectivity index (χ0v) is 11.5. The van der Waals surface area contributed by atoms with E-state index in [9.17, 15) is 14.7 Å². The third-order valence-corrected chi connectivity index (χ3v) is 2.62. The molecule has 7 nitrogen and oxygen atoms in total. The minimum Gasteiger partial charge on any atom is -0.492 e. The smallest absolute Gasteiger partial charge is 0.355 e. The summed E-state index contributed by atoms with van der Waals surface area (Å²) in [6.07, 6.45) is 0. The molecule has 0 aliphatic rings. The Kier molecular flexibility index (Phi) is 4.42. The van der Waals surface area contributed by atoms with E-state index in [2.05, 4.69) is 9.47 Å². The summed E-state index contributed by atoms with van der Waals surface area (Å²) < 4.78 is 15.5. The van der Waals surface area contributed by atoms with Crippen molar-refractivity contribution >= 4 is 11.9 Å². The lowest BCUT2D eigenvalue weighted by Gasteiger charge is -2.12. The molecule has 106 valence electrons. The second-order valence-corrected chi connectivity index (χ2v) is 4.03. The molecular weight excluding hydrogens is 254 g/mol. The highest BCUT2D eigenvalue weighted by Crippen LogP contribution is 2.39. The molecule has 0 fully saturated rings. The molecular formula is C12H17NO6. The summed E-state index contributed by atoms with van der Waals surface area (Å²) in [6.45, 7) is 3.49. The van der Waals surface area contributed by atoms with E-state index >= 15 is 0 Å². The third kappa shape index (κ3) is 2.35. The van der Waals surface area contributed by atoms with Gasteiger partial charge in [-0.1, -0.05) is 0 Å². The second kappa shape index (κ2) is 5.64. The molecule has 0 aromatic carbocycles. The number of rotatable bonds is 4. The molecule has 0 saturated heterocycles. The van der Waals surface area contributed by atoms with Gasteiger partial charge in [-0.05, 0) is 13.8 Å². The predicted molar refractivity (Wildman–Crippen MR) is 65.7 cm³/mol. The lowest BCUT2D eigenvalue weighted by atomic mass is 10.2. The first-order valence-electron chi connectivity index (χ1n) is 5.58. The monoisotopic (exact) mass is 271 g/mol. The van der Waals surface area contributed by atoms with E-state index in [1.165, 1.54) is 25.9 Å². The van der Waals surface area contributed by atoms with Crippen LogP contribution in [0.1, 0.15) is 40.7 Å². The maximum absolute atomic E-state index is 11.8. The number of nitrogens with zero attached hydrogens (tertiary/aromatic N) is 1. The number of ether oxygens (including phenoxy) is 3. The first-order chi connectivity index (χ1) is 8.90. The average molecular weight is 271 g/mol. The van der Waals surface area contributed by atoms with Crippen LogP contribution >= 0.6 is 0 Å². The van der Waals surface area contributed by atoms with Crippen LogP contribution in [-0.4, -0.2) is 42.9 Å². The minimum absolute atomic E-state index is 0.0984. The summed E-state index contributed by atoms with van der Waals surface area (Å²) in [4.78, 5) is 23.6. The normalized spacial score (nSPS) is 10.4. The van der Waals surface area contributed by atoms with Crippen molar-refractivity contribution in [1.29, 1.82) is 0 Å². The van der Waals surface area contributed by atoms with Crippen molar-refractivity contribution in [2.24, 2.45) is 0 Å². The van der Waals surface area contributed by atoms with Crippen LogP contribution in [0.3, 0.4) is 0 Å². The topological polar surface area (TPSA) is 87.0 Å². The number of aromatic nitrogens is 1. The fourth-order valence-corrected chi connectivity index (χ4v) is 1.84. The lowest BCUT2D eigenvalue weighted by Crippen LogP contribution is -2.16. The molecule has 0 aliphatic heterocycles. The fourth-order valence-electron chi connectivity index (χ4n) is 1.84. The number of hydrogen-bond donors (Lipinski definition) is 1. The van der Waals surface area contributed by atoms with E-state index in [1.807, 2.05) is 0 Å². The van der Waals surface area contributed by atoms with Crippen LogP contribution in [0.25, 0.3) is 0 Å². The molecule has 0 atom stereocenters. The van der Waals surface area contributed by atoms with Crippen LogP contribution < -0.4 is 4.74 Å². The van der Waals surface area contributed by atoms with Gasteiger partial charge in [0.05, 0.1) is 21.3 Å². The summed E-state index contributed by atoms with van der Waals surface area (Å²) in [6, 6.07) is -0.276. The fraction of sp³-hybridized carbons (Fsp3) is 0.500. The Bertz CT molecular complexity index is 503. The van der Waals surface area contributed by atoms with E-state index in [4.69, 9.17) is 4.74 Å². The van der Waals surface area contributed by atoms with Gasteiger partial charge in [-0.3, -0.25) is 0 Å². The summed E-state index contributed by atoms with van der Waals surface area (Å²) >= 11 is 0. The van der Waals surface area contributed by atoms with E-state index in [0.29, 0.717) is 0 Å². The number of carbonyl (C=O) groups is 2. The average Bonchev–Trinajstić information content (AvgIpc) is 2.69. The van der Waals surface area contributed by atoms with Crippen molar-refractivity contribution in [2.45, 2.75) is 19.9 Å². The molecule has 19 heavy (non-hydrogen) atoms. The lowest BCUT2D eigenvalue weighted by molar-refractivity contribution is 0.0543. The molecule has 0 saturated carbocycles. The van der Waals surface area contributed by atoms with E-state index in [-0.39, 0.29) is 28.9 Å². The van der Waals surface area contributed by atoms with Crippen molar-refractivity contribution in [3.05, 3.63) is 11.3 Å². The van der Waals surface area contributed by atoms with Gasteiger partial charge in [-0.15, -0.1) is 0 Å². The van der Waals surface area contributed by atoms with Gasteiger partial charge >= 0.3 is 11.9 Å². The van der Waals surface area contributed by atoms with Gasteiger partial charge in [-0.25, -0.2) is 9.59 Å². The van der Waals surface area contributed by atoms with Crippen molar-refractivity contribution in [3.63, 3.8) is 0 Å². The summed E-state index contributed by atoms with van der Waals surface area (Å²) in [7, 11) is 3.64. The van der Waals surface area contributed by atoms with Crippen molar-refractivity contribution in [3.8, 4) is 11.6 Å². The number of aromatic hydroxyl groups is 1. The Labute approximate surface area is 110 Å². The maximum Gasteiger partial charge on any atom is 0.355 e. The third-order valence-electron chi connectivity index (χ3n) is 2.62. The molecule has 1 aromatic heterocycles. The molecule has 0 radical (unpaired) electrons. The predicted octanol–water partition coefficient (Wildman–Crippen LogP) is 1.36. The Balaban J connectivity index is 3.71. The molecule has 1 aromatic rings. The molecule has 0 unspecified atom stereocenters. The highest BCUT2D eigenvalue weighted by Gasteiger charge is 2.34. The summed E-state index contributed by atoms with van der Waals surface area (Å²) in [5, 5.41) is 10.1. The van der Waals surface area contributed by atoms with Crippen LogP contribution in [0.5, 0.6) is 11.6 Å². The Hall–Kier alpha value is -2.18. The number of carbonyl (C=O) groups excluding carboxylic acids is 2. The molecule has 1 N–H and O–H groups in total. The van der Waals surface area contributed by atoms with Gasteiger partial charge in [0.25, 0.3) is 0 Å². The first-order valence-corrected chi connectivity index (χ1v) is 5.58. The van der Waals surface area contributed by atoms with Gasteiger partial charge in [0.2, 0.25) is 5.88 Å². The quantitative estimate of drug-likeness (QED) is 0.832. The molecule has 7 heteroatoms. The van der Waals surface area contributed by atoms with Crippen LogP contribution in [0, 0.1) is 0 Å². The van der Waals surface area contributed by atoms with E-state index in [1.54, 1.807) is 13.8 Å². The highest BCUT2D eigenvalue weighted by atomic mass is 16.5. The Morgan fingerprint density at radius 1 is 1.11 bits per heavy atom. The molecule has 1 rings (SSSR count). The Morgan fingerprint density at radius 2 is 1.63 bits per heavy atom. The summed E-state index contributed by atoms with van der Waals surface area (Å²) in [5.41, 5.74) is -0.248. The van der Waals surface area contributed by atoms with Gasteiger partial charge in [0.1, 0.15) is 11.3 Å². The summed E-state index contributed by atoms with van der Waals surface area (Å²) in [5.74, 6) is -1.97. The molecule has 0 bridgehead atoms. The van der Waals surface area contributed by atoms with Crippen LogP contribution in [0.4, 0.5) is 0 Å². The maximum atomic E-state index is 11.8. The Morgan fingerprint density at radius 3 is 2.00 bits per heavy atom. The van der Waals surface area contributed by atoms with Gasteiger partial charge in [0, 0.05) is 6.04 Å². The number of methoxy groups -OCH3 is 3. The SMILES string of the molecule is COC(=O)c1c(OC)c(O)n(C(C)C)c1C(=O)OC. The molecule has 0 amide bonds. The largest absolute Gasteiger partial charge is 0.492 e. The zero-order chi connectivity index (χ0) is 14.7. The van der Waals surface area contributed by atoms with Crippen molar-refractivity contribution < 1.29 is 28.9 Å². The van der Waals surface area contributed by atoms with Gasteiger partial charge in [0.15, 0.2) is 5.75 Å². The second-order valence-electron chi connectivity index (χ2n) is 4.03. The van der Waals surface area contributed by atoms with Crippen LogP contribution in [0.2, 0.25) is 0 Å². The van der Waals surface area contributed by atoms with Crippen LogP contribution in [0.15, 0.2) is 0 Å². The minimum atomic E-state index is -0.785. The van der Waals surface area contributed by atoms with Gasteiger partial charge in [-0.2, -0.15) is 0 Å². The standard InChI is InChI=1S/C12H17NO6/c1-6(2)13-8(12(16)19-5)7(11(15)18-4)9(17-3)10(13)14/h6,14H,1-5H3. The van der Waals surface area contributed by atoms with Crippen LogP contribution in [-0.2, 0) is 9.47 Å². The first kappa shape index (κ1) is 14.9. The molecule has 1 heterocycles. The van der Waals surface area contributed by atoms with E-state index in [0.717, 1.165) is 0 Å². The van der Waals surface area contributed by atoms with Crippen molar-refractivity contribution in [1.82, 2.24) is 4.57 Å². The highest BCUT2D eigenvalue weighted by molar-refractivity contribution is 6.05. The molecule has 0 spiro atoms. The molecule has 0 aliphatic carbocycles. The number of esters is 2. The van der Waals surface area contributed by atoms with Gasteiger partial charge < -0.3 is 23.9 Å².